The van der Waals surface area contributed by atoms with Crippen LogP contribution in [0, 0.1) is 5.92 Å². The third-order valence-electron chi connectivity index (χ3n) is 5.18. The average molecular weight is 391 g/mol. The molecule has 2 heterocycles. The van der Waals surface area contributed by atoms with Gasteiger partial charge in [-0.1, -0.05) is 0 Å². The first kappa shape index (κ1) is 21.4. The number of methoxy groups -OCH3 is 1. The van der Waals surface area contributed by atoms with Crippen LogP contribution in [0.4, 0.5) is 4.79 Å². The van der Waals surface area contributed by atoms with E-state index >= 15 is 0 Å². The van der Waals surface area contributed by atoms with Crippen LogP contribution in [0.1, 0.15) is 40.0 Å². The lowest BCUT2D eigenvalue weighted by atomic mass is 9.92. The van der Waals surface area contributed by atoms with E-state index in [1.165, 1.54) is 6.26 Å². The number of hydrogen-bond donors (Lipinski definition) is 0. The van der Waals surface area contributed by atoms with Crippen molar-refractivity contribution in [1.29, 1.82) is 0 Å². The van der Waals surface area contributed by atoms with Gasteiger partial charge in [-0.3, -0.25) is 4.90 Å². The Morgan fingerprint density at radius 1 is 1.12 bits per heavy atom. The van der Waals surface area contributed by atoms with Crippen molar-refractivity contribution in [2.24, 2.45) is 5.92 Å². The molecular formula is C18H34N2O5S. The number of amides is 1. The molecule has 0 unspecified atom stereocenters. The van der Waals surface area contributed by atoms with Gasteiger partial charge in [0.2, 0.25) is 0 Å². The summed E-state index contributed by atoms with van der Waals surface area (Å²) in [7, 11) is -1.34. The number of rotatable bonds is 4. The van der Waals surface area contributed by atoms with E-state index in [0.717, 1.165) is 32.4 Å². The summed E-state index contributed by atoms with van der Waals surface area (Å²) < 4.78 is 34.3. The highest BCUT2D eigenvalue weighted by atomic mass is 32.2. The SMILES string of the molecule is CO[C@@H]1CN(C2CCN(C(=O)OC(C)(C)C)CC2)CC[C@H]1CS(C)(=O)=O. The van der Waals surface area contributed by atoms with Crippen LogP contribution >= 0.6 is 0 Å². The van der Waals surface area contributed by atoms with Gasteiger partial charge in [0.25, 0.3) is 0 Å². The summed E-state index contributed by atoms with van der Waals surface area (Å²) in [5.41, 5.74) is -0.471. The van der Waals surface area contributed by atoms with E-state index in [-0.39, 0.29) is 23.9 Å². The van der Waals surface area contributed by atoms with Crippen LogP contribution in [0.3, 0.4) is 0 Å². The van der Waals surface area contributed by atoms with E-state index in [9.17, 15) is 13.2 Å². The Kier molecular flexibility index (Phi) is 6.96. The zero-order chi connectivity index (χ0) is 19.5. The van der Waals surface area contributed by atoms with Crippen molar-refractivity contribution in [3.63, 3.8) is 0 Å². The van der Waals surface area contributed by atoms with Gasteiger partial charge in [0, 0.05) is 45.0 Å². The van der Waals surface area contributed by atoms with E-state index in [2.05, 4.69) is 4.90 Å². The molecule has 2 aliphatic heterocycles. The predicted molar refractivity (Wildman–Crippen MR) is 101 cm³/mol. The number of hydrogen-bond acceptors (Lipinski definition) is 6. The van der Waals surface area contributed by atoms with Crippen molar-refractivity contribution >= 4 is 15.9 Å². The van der Waals surface area contributed by atoms with Crippen molar-refractivity contribution in [3.05, 3.63) is 0 Å². The van der Waals surface area contributed by atoms with Gasteiger partial charge < -0.3 is 14.4 Å². The Hall–Kier alpha value is -0.860. The minimum Gasteiger partial charge on any atom is -0.444 e. The molecule has 0 spiro atoms. The zero-order valence-corrected chi connectivity index (χ0v) is 17.5. The van der Waals surface area contributed by atoms with Gasteiger partial charge in [-0.15, -0.1) is 0 Å². The lowest BCUT2D eigenvalue weighted by Gasteiger charge is -2.44. The molecule has 2 fully saturated rings. The third kappa shape index (κ3) is 6.39. The van der Waals surface area contributed by atoms with Gasteiger partial charge in [-0.25, -0.2) is 13.2 Å². The monoisotopic (exact) mass is 390 g/mol. The quantitative estimate of drug-likeness (QED) is 0.728. The van der Waals surface area contributed by atoms with Gasteiger partial charge in [0.1, 0.15) is 15.4 Å². The molecular weight excluding hydrogens is 356 g/mol. The maximum Gasteiger partial charge on any atom is 0.410 e. The average Bonchev–Trinajstić information content (AvgIpc) is 2.52. The summed E-state index contributed by atoms with van der Waals surface area (Å²) in [6.07, 6.45) is 3.65. The van der Waals surface area contributed by atoms with Crippen LogP contribution in [0.25, 0.3) is 0 Å². The lowest BCUT2D eigenvalue weighted by molar-refractivity contribution is -0.0303. The number of nitrogens with zero attached hydrogens (tertiary/aromatic N) is 2. The Balaban J connectivity index is 1.85. The number of ether oxygens (including phenoxy) is 2. The van der Waals surface area contributed by atoms with Gasteiger partial charge in [0.15, 0.2) is 0 Å². The fourth-order valence-corrected chi connectivity index (χ4v) is 5.07. The number of likely N-dealkylation sites (tertiary alicyclic amines) is 2. The molecule has 2 rings (SSSR count). The highest BCUT2D eigenvalue weighted by Crippen LogP contribution is 2.27. The molecule has 2 atom stereocenters. The zero-order valence-electron chi connectivity index (χ0n) is 16.7. The second-order valence-corrected chi connectivity index (χ2v) is 10.8. The number of carbonyl (C=O) groups excluding carboxylic acids is 1. The molecule has 0 aromatic heterocycles. The molecule has 0 aromatic carbocycles. The van der Waals surface area contributed by atoms with Crippen molar-refractivity contribution in [1.82, 2.24) is 9.80 Å². The molecule has 0 aliphatic carbocycles. The number of carbonyl (C=O) groups is 1. The first-order valence-electron chi connectivity index (χ1n) is 9.41. The maximum atomic E-state index is 12.2. The molecule has 0 saturated carbocycles. The van der Waals surface area contributed by atoms with Gasteiger partial charge in [-0.05, 0) is 46.6 Å². The maximum absolute atomic E-state index is 12.2. The molecule has 26 heavy (non-hydrogen) atoms. The number of sulfone groups is 1. The lowest BCUT2D eigenvalue weighted by Crippen LogP contribution is -2.54. The third-order valence-corrected chi connectivity index (χ3v) is 6.21. The van der Waals surface area contributed by atoms with Crippen LogP contribution in [0.15, 0.2) is 0 Å². The van der Waals surface area contributed by atoms with Crippen LogP contribution in [-0.4, -0.2) is 87.4 Å². The van der Waals surface area contributed by atoms with E-state index in [4.69, 9.17) is 9.47 Å². The fourth-order valence-electron chi connectivity index (χ4n) is 3.91. The number of piperidine rings is 2. The summed E-state index contributed by atoms with van der Waals surface area (Å²) in [4.78, 5) is 16.4. The van der Waals surface area contributed by atoms with Crippen molar-refractivity contribution in [3.8, 4) is 0 Å². The molecule has 2 aliphatic rings. The van der Waals surface area contributed by atoms with Crippen molar-refractivity contribution in [2.75, 3.05) is 45.3 Å². The molecule has 1 amide bonds. The first-order valence-corrected chi connectivity index (χ1v) is 11.5. The fraction of sp³-hybridized carbons (Fsp3) is 0.944. The molecule has 0 aromatic rings. The van der Waals surface area contributed by atoms with Crippen molar-refractivity contribution in [2.45, 2.75) is 57.8 Å². The summed E-state index contributed by atoms with van der Waals surface area (Å²) in [5, 5.41) is 0. The summed E-state index contributed by atoms with van der Waals surface area (Å²) >= 11 is 0. The Bertz CT molecular complexity index is 579. The second kappa shape index (κ2) is 8.44. The van der Waals surface area contributed by atoms with Gasteiger partial charge in [0.05, 0.1) is 11.9 Å². The van der Waals surface area contributed by atoms with E-state index in [0.29, 0.717) is 19.1 Å². The highest BCUT2D eigenvalue weighted by molar-refractivity contribution is 7.90. The molecule has 0 bridgehead atoms. The Morgan fingerprint density at radius 2 is 1.73 bits per heavy atom. The molecule has 8 heteroatoms. The van der Waals surface area contributed by atoms with Crippen LogP contribution < -0.4 is 0 Å². The first-order chi connectivity index (χ1) is 12.0. The van der Waals surface area contributed by atoms with Gasteiger partial charge >= 0.3 is 6.09 Å². The van der Waals surface area contributed by atoms with Crippen LogP contribution in [-0.2, 0) is 19.3 Å². The normalized spacial score (nSPS) is 26.7. The predicted octanol–water partition coefficient (Wildman–Crippen LogP) is 1.77. The summed E-state index contributed by atoms with van der Waals surface area (Å²) in [6.45, 7) is 8.67. The van der Waals surface area contributed by atoms with E-state index in [1.54, 1.807) is 12.0 Å². The smallest absolute Gasteiger partial charge is 0.410 e. The minimum atomic E-state index is -3.00. The van der Waals surface area contributed by atoms with E-state index in [1.807, 2.05) is 20.8 Å². The standard InChI is InChI=1S/C18H34N2O5S/c1-18(2,3)25-17(21)19-10-7-15(8-11-19)20-9-6-14(13-26(5,22)23)16(12-20)24-4/h14-16H,6-13H2,1-5H3/t14-,16+/m0/s1. The minimum absolute atomic E-state index is 0.0534. The van der Waals surface area contributed by atoms with Crippen LogP contribution in [0.2, 0.25) is 0 Å². The van der Waals surface area contributed by atoms with E-state index < -0.39 is 15.4 Å². The molecule has 152 valence electrons. The Labute approximate surface area is 157 Å². The molecule has 0 N–H and O–H groups in total. The van der Waals surface area contributed by atoms with Crippen LogP contribution in [0.5, 0.6) is 0 Å². The summed E-state index contributed by atoms with van der Waals surface area (Å²) in [6, 6.07) is 0.408. The molecule has 7 nitrogen and oxygen atoms in total. The second-order valence-electron chi connectivity index (χ2n) is 8.61. The topological polar surface area (TPSA) is 76.2 Å². The highest BCUT2D eigenvalue weighted by Gasteiger charge is 2.36. The Morgan fingerprint density at radius 3 is 2.23 bits per heavy atom. The van der Waals surface area contributed by atoms with Gasteiger partial charge in [-0.2, -0.15) is 0 Å². The molecule has 2 saturated heterocycles. The molecule has 0 radical (unpaired) electrons. The van der Waals surface area contributed by atoms with Crippen molar-refractivity contribution < 1.29 is 22.7 Å². The largest absolute Gasteiger partial charge is 0.444 e. The summed E-state index contributed by atoms with van der Waals surface area (Å²) in [5.74, 6) is 0.254.